The van der Waals surface area contributed by atoms with Gasteiger partial charge in [0.1, 0.15) is 17.5 Å². The van der Waals surface area contributed by atoms with E-state index in [4.69, 9.17) is 9.47 Å². The molecule has 3 rings (SSSR count). The van der Waals surface area contributed by atoms with E-state index in [9.17, 15) is 13.2 Å². The molecule has 1 atom stereocenters. The first kappa shape index (κ1) is 20.2. The number of hydrogen-bond acceptors (Lipinski definition) is 5. The van der Waals surface area contributed by atoms with Crippen molar-refractivity contribution in [1.29, 1.82) is 0 Å². The Morgan fingerprint density at radius 2 is 1.68 bits per heavy atom. The first-order chi connectivity index (χ1) is 13.5. The first-order valence-electron chi connectivity index (χ1n) is 9.06. The van der Waals surface area contributed by atoms with Crippen LogP contribution in [0.5, 0.6) is 11.5 Å². The molecule has 1 aliphatic rings. The highest BCUT2D eigenvalue weighted by Crippen LogP contribution is 2.29. The van der Waals surface area contributed by atoms with Crippen LogP contribution in [0.1, 0.15) is 19.3 Å². The summed E-state index contributed by atoms with van der Waals surface area (Å²) >= 11 is 0. The van der Waals surface area contributed by atoms with E-state index in [1.807, 2.05) is 0 Å². The smallest absolute Gasteiger partial charge is 0.243 e. The molecule has 150 valence electrons. The standard InChI is InChI=1S/C20H24N2O5S/c1-26-16-12-15(13-17(14-16)27-2)21-20(23)19-10-6-7-11-22(19)28(24,25)18-8-4-3-5-9-18/h3-5,8-9,12-14,19H,6-7,10-11H2,1-2H3,(H,21,23). The van der Waals surface area contributed by atoms with E-state index >= 15 is 0 Å². The summed E-state index contributed by atoms with van der Waals surface area (Å²) in [7, 11) is -0.704. The molecule has 2 aromatic carbocycles. The van der Waals surface area contributed by atoms with E-state index < -0.39 is 16.1 Å². The zero-order valence-electron chi connectivity index (χ0n) is 15.9. The number of benzene rings is 2. The Balaban J connectivity index is 1.85. The van der Waals surface area contributed by atoms with Gasteiger partial charge >= 0.3 is 0 Å². The zero-order chi connectivity index (χ0) is 20.1. The first-order valence-corrected chi connectivity index (χ1v) is 10.5. The van der Waals surface area contributed by atoms with Gasteiger partial charge in [0.05, 0.1) is 19.1 Å². The van der Waals surface area contributed by atoms with Gasteiger partial charge in [-0.3, -0.25) is 4.79 Å². The van der Waals surface area contributed by atoms with E-state index in [0.717, 1.165) is 12.8 Å². The predicted octanol–water partition coefficient (Wildman–Crippen LogP) is 2.89. The van der Waals surface area contributed by atoms with Crippen LogP contribution in [0, 0.1) is 0 Å². The Bertz CT molecular complexity index is 909. The number of anilines is 1. The average molecular weight is 404 g/mol. The molecule has 0 bridgehead atoms. The van der Waals surface area contributed by atoms with Crippen molar-refractivity contribution in [2.24, 2.45) is 0 Å². The fourth-order valence-corrected chi connectivity index (χ4v) is 4.97. The molecule has 1 N–H and O–H groups in total. The van der Waals surface area contributed by atoms with Gasteiger partial charge in [-0.05, 0) is 25.0 Å². The van der Waals surface area contributed by atoms with Crippen LogP contribution in [-0.4, -0.2) is 45.4 Å². The topological polar surface area (TPSA) is 84.9 Å². The van der Waals surface area contributed by atoms with Crippen LogP contribution in [-0.2, 0) is 14.8 Å². The molecule has 28 heavy (non-hydrogen) atoms. The zero-order valence-corrected chi connectivity index (χ0v) is 16.7. The summed E-state index contributed by atoms with van der Waals surface area (Å²) in [6, 6.07) is 12.5. The second-order valence-corrected chi connectivity index (χ2v) is 8.42. The van der Waals surface area contributed by atoms with Crippen molar-refractivity contribution in [3.63, 3.8) is 0 Å². The molecule has 0 saturated carbocycles. The van der Waals surface area contributed by atoms with Gasteiger partial charge in [0.15, 0.2) is 0 Å². The van der Waals surface area contributed by atoms with Crippen molar-refractivity contribution in [3.8, 4) is 11.5 Å². The summed E-state index contributed by atoms with van der Waals surface area (Å²) in [4.78, 5) is 13.1. The van der Waals surface area contributed by atoms with Crippen LogP contribution < -0.4 is 14.8 Å². The SMILES string of the molecule is COc1cc(NC(=O)C2CCCCN2S(=O)(=O)c2ccccc2)cc(OC)c1. The van der Waals surface area contributed by atoms with Gasteiger partial charge in [-0.2, -0.15) is 4.31 Å². The minimum Gasteiger partial charge on any atom is -0.497 e. The molecular formula is C20H24N2O5S. The molecule has 1 aliphatic heterocycles. The normalized spacial score (nSPS) is 17.7. The molecule has 0 aromatic heterocycles. The van der Waals surface area contributed by atoms with Crippen molar-refractivity contribution in [1.82, 2.24) is 4.31 Å². The molecule has 1 saturated heterocycles. The molecule has 1 amide bonds. The Labute approximate surface area is 165 Å². The lowest BCUT2D eigenvalue weighted by atomic mass is 10.0. The summed E-state index contributed by atoms with van der Waals surface area (Å²) in [5, 5.41) is 2.81. The van der Waals surface area contributed by atoms with Crippen molar-refractivity contribution in [2.75, 3.05) is 26.1 Å². The lowest BCUT2D eigenvalue weighted by Gasteiger charge is -2.33. The number of nitrogens with one attached hydrogen (secondary N) is 1. The summed E-state index contributed by atoms with van der Waals surface area (Å²) in [5.74, 6) is 0.702. The summed E-state index contributed by atoms with van der Waals surface area (Å²) in [6.07, 6.45) is 1.99. The van der Waals surface area contributed by atoms with Gasteiger partial charge in [0.25, 0.3) is 0 Å². The van der Waals surface area contributed by atoms with Crippen molar-refractivity contribution >= 4 is 21.6 Å². The van der Waals surface area contributed by atoms with Crippen LogP contribution in [0.4, 0.5) is 5.69 Å². The minimum atomic E-state index is -3.75. The molecule has 1 fully saturated rings. The fourth-order valence-electron chi connectivity index (χ4n) is 3.29. The summed E-state index contributed by atoms with van der Waals surface area (Å²) < 4.78 is 37.9. The van der Waals surface area contributed by atoms with Crippen molar-refractivity contribution in [3.05, 3.63) is 48.5 Å². The van der Waals surface area contributed by atoms with E-state index in [1.165, 1.54) is 18.5 Å². The number of ether oxygens (including phenoxy) is 2. The number of piperidine rings is 1. The lowest BCUT2D eigenvalue weighted by Crippen LogP contribution is -2.49. The molecular weight excluding hydrogens is 380 g/mol. The predicted molar refractivity (Wildman–Crippen MR) is 106 cm³/mol. The Morgan fingerprint density at radius 3 is 2.29 bits per heavy atom. The second kappa shape index (κ2) is 8.62. The number of carbonyl (C=O) groups is 1. The molecule has 8 heteroatoms. The van der Waals surface area contributed by atoms with Crippen LogP contribution in [0.3, 0.4) is 0 Å². The molecule has 0 aliphatic carbocycles. The Hall–Kier alpha value is -2.58. The molecule has 1 unspecified atom stereocenters. The van der Waals surface area contributed by atoms with Gasteiger partial charge in [-0.25, -0.2) is 8.42 Å². The fraction of sp³-hybridized carbons (Fsp3) is 0.350. The van der Waals surface area contributed by atoms with Gasteiger partial charge in [-0.1, -0.05) is 24.6 Å². The number of carbonyl (C=O) groups excluding carboxylic acids is 1. The third kappa shape index (κ3) is 4.28. The van der Waals surface area contributed by atoms with Crippen molar-refractivity contribution in [2.45, 2.75) is 30.2 Å². The largest absolute Gasteiger partial charge is 0.497 e. The van der Waals surface area contributed by atoms with Crippen LogP contribution in [0.2, 0.25) is 0 Å². The van der Waals surface area contributed by atoms with Gasteiger partial charge in [0, 0.05) is 30.4 Å². The van der Waals surface area contributed by atoms with E-state index in [0.29, 0.717) is 30.2 Å². The molecule has 1 heterocycles. The summed E-state index contributed by atoms with van der Waals surface area (Å²) in [5.41, 5.74) is 0.490. The number of methoxy groups -OCH3 is 2. The Morgan fingerprint density at radius 1 is 1.04 bits per heavy atom. The minimum absolute atomic E-state index is 0.192. The monoisotopic (exact) mass is 404 g/mol. The van der Waals surface area contributed by atoms with Gasteiger partial charge in [-0.15, -0.1) is 0 Å². The number of hydrogen-bond donors (Lipinski definition) is 1. The molecule has 7 nitrogen and oxygen atoms in total. The van der Waals surface area contributed by atoms with Gasteiger partial charge < -0.3 is 14.8 Å². The number of sulfonamides is 1. The average Bonchev–Trinajstić information content (AvgIpc) is 2.74. The highest BCUT2D eigenvalue weighted by Gasteiger charge is 2.37. The third-order valence-electron chi connectivity index (χ3n) is 4.73. The number of amides is 1. The maximum atomic E-state index is 13.1. The van der Waals surface area contributed by atoms with Gasteiger partial charge in [0.2, 0.25) is 15.9 Å². The lowest BCUT2D eigenvalue weighted by molar-refractivity contribution is -0.120. The van der Waals surface area contributed by atoms with E-state index in [2.05, 4.69) is 5.32 Å². The molecule has 2 aromatic rings. The van der Waals surface area contributed by atoms with E-state index in [1.54, 1.807) is 48.5 Å². The number of rotatable bonds is 6. The number of nitrogens with zero attached hydrogens (tertiary/aromatic N) is 1. The molecule has 0 radical (unpaired) electrons. The maximum absolute atomic E-state index is 13.1. The Kier molecular flexibility index (Phi) is 6.21. The molecule has 0 spiro atoms. The van der Waals surface area contributed by atoms with Crippen LogP contribution in [0.15, 0.2) is 53.4 Å². The van der Waals surface area contributed by atoms with Crippen molar-refractivity contribution < 1.29 is 22.7 Å². The quantitative estimate of drug-likeness (QED) is 0.800. The van der Waals surface area contributed by atoms with Crippen LogP contribution in [0.25, 0.3) is 0 Å². The highest BCUT2D eigenvalue weighted by atomic mass is 32.2. The maximum Gasteiger partial charge on any atom is 0.243 e. The van der Waals surface area contributed by atoms with Crippen LogP contribution >= 0.6 is 0 Å². The highest BCUT2D eigenvalue weighted by molar-refractivity contribution is 7.89. The van der Waals surface area contributed by atoms with E-state index in [-0.39, 0.29) is 10.8 Å². The summed E-state index contributed by atoms with van der Waals surface area (Å²) in [6.45, 7) is 0.316. The second-order valence-electron chi connectivity index (χ2n) is 6.53. The third-order valence-corrected chi connectivity index (χ3v) is 6.65.